The molecular formula is C69H134O17P2. The summed E-state index contributed by atoms with van der Waals surface area (Å²) in [5.74, 6) is -1.36. The lowest BCUT2D eigenvalue weighted by atomic mass is 10.0. The first-order chi connectivity index (χ1) is 42.5. The fourth-order valence-electron chi connectivity index (χ4n) is 10.5. The van der Waals surface area contributed by atoms with E-state index in [1.54, 1.807) is 0 Å². The highest BCUT2D eigenvalue weighted by molar-refractivity contribution is 7.47. The molecule has 0 saturated heterocycles. The fraction of sp³-hybridized carbons (Fsp3) is 0.942. The first-order valence-corrected chi connectivity index (χ1v) is 39.1. The van der Waals surface area contributed by atoms with Crippen LogP contribution >= 0.6 is 15.6 Å². The predicted molar refractivity (Wildman–Crippen MR) is 354 cm³/mol. The summed E-state index contributed by atoms with van der Waals surface area (Å²) >= 11 is 0. The summed E-state index contributed by atoms with van der Waals surface area (Å²) in [6.45, 7) is 7.17. The highest BCUT2D eigenvalue weighted by atomic mass is 31.2. The van der Waals surface area contributed by atoms with Crippen LogP contribution in [0.15, 0.2) is 0 Å². The second-order valence-corrected chi connectivity index (χ2v) is 28.3. The highest BCUT2D eigenvalue weighted by Crippen LogP contribution is 2.45. The number of ether oxygens (including phenoxy) is 4. The molecule has 0 aromatic heterocycles. The van der Waals surface area contributed by atoms with E-state index in [0.29, 0.717) is 25.7 Å². The lowest BCUT2D eigenvalue weighted by molar-refractivity contribution is -0.161. The third kappa shape index (κ3) is 62.8. The summed E-state index contributed by atoms with van der Waals surface area (Å²) in [6.07, 6.45) is 48.9. The van der Waals surface area contributed by atoms with Crippen molar-refractivity contribution in [2.45, 2.75) is 374 Å². The van der Waals surface area contributed by atoms with Gasteiger partial charge in [0.1, 0.15) is 19.3 Å². The van der Waals surface area contributed by atoms with Crippen molar-refractivity contribution in [1.29, 1.82) is 0 Å². The Hall–Kier alpha value is -1.94. The molecule has 0 rings (SSSR count). The number of carbonyl (C=O) groups is 4. The molecule has 0 aliphatic heterocycles. The molecule has 0 aliphatic carbocycles. The lowest BCUT2D eigenvalue weighted by Gasteiger charge is -2.21. The Balaban J connectivity index is 5.15. The van der Waals surface area contributed by atoms with Crippen LogP contribution in [0.1, 0.15) is 356 Å². The molecule has 0 heterocycles. The minimum absolute atomic E-state index is 0.105. The third-order valence-corrected chi connectivity index (χ3v) is 17.9. The molecule has 17 nitrogen and oxygen atoms in total. The molecule has 522 valence electrons. The number of aliphatic hydroxyl groups is 1. The van der Waals surface area contributed by atoms with E-state index in [1.165, 1.54) is 161 Å². The first kappa shape index (κ1) is 86.1. The van der Waals surface area contributed by atoms with Crippen molar-refractivity contribution in [1.82, 2.24) is 0 Å². The number of carbonyl (C=O) groups excluding carboxylic acids is 4. The topological polar surface area (TPSA) is 237 Å². The summed E-state index contributed by atoms with van der Waals surface area (Å²) in [6, 6.07) is 0. The number of hydrogen-bond donors (Lipinski definition) is 3. The quantitative estimate of drug-likeness (QED) is 0.0222. The molecule has 0 fully saturated rings. The molecule has 0 aromatic carbocycles. The first-order valence-electron chi connectivity index (χ1n) is 36.1. The van der Waals surface area contributed by atoms with E-state index < -0.39 is 97.5 Å². The zero-order chi connectivity index (χ0) is 64.9. The Morgan fingerprint density at radius 2 is 0.523 bits per heavy atom. The number of unbranched alkanes of at least 4 members (excludes halogenated alkanes) is 41. The van der Waals surface area contributed by atoms with Crippen LogP contribution in [-0.4, -0.2) is 96.7 Å². The van der Waals surface area contributed by atoms with E-state index in [-0.39, 0.29) is 25.7 Å². The molecule has 0 radical (unpaired) electrons. The van der Waals surface area contributed by atoms with Crippen molar-refractivity contribution in [2.24, 2.45) is 5.92 Å². The molecule has 0 bridgehead atoms. The molecule has 0 saturated carbocycles. The number of hydrogen-bond acceptors (Lipinski definition) is 15. The molecule has 0 spiro atoms. The average molecular weight is 1300 g/mol. The van der Waals surface area contributed by atoms with Gasteiger partial charge in [-0.25, -0.2) is 9.13 Å². The van der Waals surface area contributed by atoms with Crippen molar-refractivity contribution in [3.05, 3.63) is 0 Å². The van der Waals surface area contributed by atoms with Crippen molar-refractivity contribution in [3.8, 4) is 0 Å². The molecule has 3 N–H and O–H groups in total. The Morgan fingerprint density at radius 3 is 0.773 bits per heavy atom. The van der Waals surface area contributed by atoms with Gasteiger partial charge in [0.2, 0.25) is 0 Å². The summed E-state index contributed by atoms with van der Waals surface area (Å²) in [7, 11) is -9.89. The van der Waals surface area contributed by atoms with Crippen LogP contribution in [-0.2, 0) is 65.4 Å². The van der Waals surface area contributed by atoms with Crippen molar-refractivity contribution < 1.29 is 80.2 Å². The van der Waals surface area contributed by atoms with Gasteiger partial charge in [0.25, 0.3) is 0 Å². The zero-order valence-corrected chi connectivity index (χ0v) is 58.6. The Bertz CT molecular complexity index is 1700. The average Bonchev–Trinajstić information content (AvgIpc) is 3.59. The number of rotatable bonds is 69. The third-order valence-electron chi connectivity index (χ3n) is 16.0. The van der Waals surface area contributed by atoms with Gasteiger partial charge in [0, 0.05) is 25.7 Å². The second kappa shape index (κ2) is 62.5. The molecule has 0 amide bonds. The van der Waals surface area contributed by atoms with Gasteiger partial charge in [-0.3, -0.25) is 37.3 Å². The summed E-state index contributed by atoms with van der Waals surface area (Å²) in [5.41, 5.74) is 0. The van der Waals surface area contributed by atoms with Crippen LogP contribution in [0.4, 0.5) is 0 Å². The number of aliphatic hydroxyl groups excluding tert-OH is 1. The molecule has 2 unspecified atom stereocenters. The maximum absolute atomic E-state index is 13.0. The normalized spacial score (nSPS) is 14.1. The maximum atomic E-state index is 13.0. The standard InChI is InChI=1S/C69H134O17P2/c1-6-9-12-15-18-20-21-22-23-24-25-26-27-28-31-35-40-45-50-55-69(74)86-65(59-80-67(72)53-48-43-39-34-32-29-30-33-37-41-46-51-62(4)5)61-84-88(77,78)82-57-63(70)56-81-87(75,76)83-60-64(58-79-66(71)52-47-42-36-17-14-11-8-3)85-68(73)54-49-44-38-19-16-13-10-7-2/h62-65,70H,6-61H2,1-5H3,(H,75,76)(H,77,78)/t63-,64+,65+/m0/s1. The van der Waals surface area contributed by atoms with Gasteiger partial charge < -0.3 is 33.8 Å². The molecule has 0 aliphatic rings. The van der Waals surface area contributed by atoms with E-state index in [4.69, 9.17) is 37.0 Å². The summed E-state index contributed by atoms with van der Waals surface area (Å²) in [4.78, 5) is 72.2. The van der Waals surface area contributed by atoms with Crippen LogP contribution in [0, 0.1) is 5.92 Å². The predicted octanol–water partition coefficient (Wildman–Crippen LogP) is 19.7. The van der Waals surface area contributed by atoms with E-state index >= 15 is 0 Å². The summed E-state index contributed by atoms with van der Waals surface area (Å²) in [5, 5.41) is 10.5. The number of esters is 4. The second-order valence-electron chi connectivity index (χ2n) is 25.4. The zero-order valence-electron chi connectivity index (χ0n) is 56.9. The summed E-state index contributed by atoms with van der Waals surface area (Å²) < 4.78 is 68.0. The minimum Gasteiger partial charge on any atom is -0.462 e. The van der Waals surface area contributed by atoms with E-state index in [9.17, 15) is 43.2 Å². The van der Waals surface area contributed by atoms with Crippen LogP contribution in [0.2, 0.25) is 0 Å². The lowest BCUT2D eigenvalue weighted by Crippen LogP contribution is -2.30. The van der Waals surface area contributed by atoms with Crippen LogP contribution < -0.4 is 0 Å². The monoisotopic (exact) mass is 1300 g/mol. The van der Waals surface area contributed by atoms with Crippen LogP contribution in [0.5, 0.6) is 0 Å². The fourth-order valence-corrected chi connectivity index (χ4v) is 12.0. The Labute approximate surface area is 537 Å². The van der Waals surface area contributed by atoms with Gasteiger partial charge >= 0.3 is 39.5 Å². The maximum Gasteiger partial charge on any atom is 0.472 e. The largest absolute Gasteiger partial charge is 0.472 e. The van der Waals surface area contributed by atoms with Gasteiger partial charge in [-0.05, 0) is 31.6 Å². The molecule has 0 aromatic rings. The highest BCUT2D eigenvalue weighted by Gasteiger charge is 2.30. The molecule has 88 heavy (non-hydrogen) atoms. The Kier molecular flexibility index (Phi) is 61.1. The van der Waals surface area contributed by atoms with Gasteiger partial charge in [0.15, 0.2) is 12.2 Å². The van der Waals surface area contributed by atoms with Crippen molar-refractivity contribution >= 4 is 39.5 Å². The van der Waals surface area contributed by atoms with E-state index in [1.807, 2.05) is 0 Å². The number of phosphoric ester groups is 2. The van der Waals surface area contributed by atoms with Crippen molar-refractivity contribution in [3.63, 3.8) is 0 Å². The van der Waals surface area contributed by atoms with E-state index in [0.717, 1.165) is 115 Å². The number of phosphoric acid groups is 2. The molecule has 5 atom stereocenters. The SMILES string of the molecule is CCCCCCCCCCCCCCCCCCCCCC(=O)O[C@H](COC(=O)CCCCCCCCCCCCCC(C)C)COP(=O)(O)OC[C@@H](O)COP(=O)(O)OC[C@@H](COC(=O)CCCCCCCCC)OC(=O)CCCCCCCCCC. The van der Waals surface area contributed by atoms with Crippen LogP contribution in [0.3, 0.4) is 0 Å². The van der Waals surface area contributed by atoms with Crippen LogP contribution in [0.25, 0.3) is 0 Å². The molecule has 19 heteroatoms. The van der Waals surface area contributed by atoms with Gasteiger partial charge in [-0.1, -0.05) is 304 Å². The van der Waals surface area contributed by atoms with E-state index in [2.05, 4.69) is 34.6 Å². The van der Waals surface area contributed by atoms with Crippen molar-refractivity contribution in [2.75, 3.05) is 39.6 Å². The van der Waals surface area contributed by atoms with Gasteiger partial charge in [-0.15, -0.1) is 0 Å². The molecular weight excluding hydrogens is 1160 g/mol. The smallest absolute Gasteiger partial charge is 0.462 e. The minimum atomic E-state index is -4.95. The van der Waals surface area contributed by atoms with Gasteiger partial charge in [0.05, 0.1) is 26.4 Å². The Morgan fingerprint density at radius 1 is 0.307 bits per heavy atom. The van der Waals surface area contributed by atoms with Gasteiger partial charge in [-0.2, -0.15) is 0 Å².